The van der Waals surface area contributed by atoms with Gasteiger partial charge in [0.05, 0.1) is 11.3 Å². The number of aryl methyl sites for hydroxylation is 2. The van der Waals surface area contributed by atoms with Gasteiger partial charge in [-0.3, -0.25) is 4.79 Å². The van der Waals surface area contributed by atoms with Gasteiger partial charge in [-0.1, -0.05) is 23.4 Å². The summed E-state index contributed by atoms with van der Waals surface area (Å²) in [5.74, 6) is 0.908. The highest BCUT2D eigenvalue weighted by Crippen LogP contribution is 2.26. The normalized spacial score (nSPS) is 10.7. The van der Waals surface area contributed by atoms with Gasteiger partial charge < -0.3 is 9.84 Å². The number of rotatable bonds is 5. The Morgan fingerprint density at radius 3 is 2.76 bits per heavy atom. The lowest BCUT2D eigenvalue weighted by molar-refractivity contribution is 0.102. The van der Waals surface area contributed by atoms with Crippen molar-refractivity contribution >= 4 is 23.4 Å². The molecule has 1 amide bonds. The number of hydrogen-bond acceptors (Lipinski definition) is 5. The number of nitrogens with one attached hydrogen (secondary N) is 1. The van der Waals surface area contributed by atoms with Crippen LogP contribution < -0.4 is 5.32 Å². The molecule has 1 heterocycles. The third-order valence-electron chi connectivity index (χ3n) is 3.49. The Bertz CT molecular complexity index is 911. The molecule has 0 saturated carbocycles. The second kappa shape index (κ2) is 7.48. The molecular weight excluding hydrogens is 341 g/mol. The molecule has 0 bridgehead atoms. The minimum absolute atomic E-state index is 0.296. The molecule has 0 aliphatic carbocycles. The van der Waals surface area contributed by atoms with E-state index in [2.05, 4.69) is 15.5 Å². The smallest absolute Gasteiger partial charge is 0.256 e. The van der Waals surface area contributed by atoms with Crippen molar-refractivity contribution in [2.24, 2.45) is 0 Å². The van der Waals surface area contributed by atoms with Crippen LogP contribution in [-0.2, 0) is 5.75 Å². The lowest BCUT2D eigenvalue weighted by atomic mass is 10.2. The molecule has 0 radical (unpaired) electrons. The molecule has 2 aromatic carbocycles. The molecule has 0 aliphatic rings. The number of halogens is 1. The molecule has 128 valence electrons. The number of nitrogens with zero attached hydrogens (tertiary/aromatic N) is 2. The highest BCUT2D eigenvalue weighted by molar-refractivity contribution is 7.98. The van der Waals surface area contributed by atoms with Crippen molar-refractivity contribution in [2.75, 3.05) is 5.32 Å². The van der Waals surface area contributed by atoms with Crippen molar-refractivity contribution in [1.29, 1.82) is 0 Å². The van der Waals surface area contributed by atoms with E-state index in [1.54, 1.807) is 38.1 Å². The first-order valence-electron chi connectivity index (χ1n) is 7.61. The van der Waals surface area contributed by atoms with Gasteiger partial charge in [0.25, 0.3) is 5.91 Å². The van der Waals surface area contributed by atoms with Crippen LogP contribution in [0.3, 0.4) is 0 Å². The third-order valence-corrected chi connectivity index (χ3v) is 4.56. The van der Waals surface area contributed by atoms with Crippen molar-refractivity contribution in [1.82, 2.24) is 10.1 Å². The third kappa shape index (κ3) is 4.24. The minimum Gasteiger partial charge on any atom is -0.340 e. The minimum atomic E-state index is -0.354. The van der Waals surface area contributed by atoms with Crippen LogP contribution in [0.5, 0.6) is 0 Å². The summed E-state index contributed by atoms with van der Waals surface area (Å²) in [7, 11) is 0. The van der Waals surface area contributed by atoms with Gasteiger partial charge in [-0.15, -0.1) is 11.8 Å². The molecule has 0 atom stereocenters. The molecule has 0 saturated heterocycles. The van der Waals surface area contributed by atoms with Crippen LogP contribution >= 0.6 is 11.8 Å². The monoisotopic (exact) mass is 357 g/mol. The van der Waals surface area contributed by atoms with Crippen LogP contribution in [0.2, 0.25) is 0 Å². The molecule has 1 aromatic heterocycles. The molecule has 0 fully saturated rings. The zero-order valence-corrected chi connectivity index (χ0v) is 14.6. The van der Waals surface area contributed by atoms with Crippen LogP contribution in [0.15, 0.2) is 51.9 Å². The Kier molecular flexibility index (Phi) is 5.14. The van der Waals surface area contributed by atoms with Crippen LogP contribution in [0.25, 0.3) is 0 Å². The molecule has 25 heavy (non-hydrogen) atoms. The number of carbonyl (C=O) groups is 1. The Morgan fingerprint density at radius 2 is 2.04 bits per heavy atom. The maximum absolute atomic E-state index is 13.6. The summed E-state index contributed by atoms with van der Waals surface area (Å²) in [5, 5.41) is 6.57. The van der Waals surface area contributed by atoms with Gasteiger partial charge in [-0.2, -0.15) is 4.98 Å². The Balaban J connectivity index is 1.74. The van der Waals surface area contributed by atoms with Gasteiger partial charge in [0.15, 0.2) is 5.82 Å². The lowest BCUT2D eigenvalue weighted by Crippen LogP contribution is -2.13. The zero-order chi connectivity index (χ0) is 17.8. The molecule has 5 nitrogen and oxygen atoms in total. The van der Waals surface area contributed by atoms with E-state index in [1.807, 2.05) is 12.1 Å². The maximum Gasteiger partial charge on any atom is 0.256 e. The van der Waals surface area contributed by atoms with Crippen molar-refractivity contribution in [3.8, 4) is 0 Å². The molecule has 7 heteroatoms. The van der Waals surface area contributed by atoms with Crippen molar-refractivity contribution in [3.63, 3.8) is 0 Å². The molecular formula is C18H16FN3O2S. The number of aromatic nitrogens is 2. The van der Waals surface area contributed by atoms with E-state index in [0.717, 1.165) is 4.90 Å². The summed E-state index contributed by atoms with van der Waals surface area (Å²) in [6, 6.07) is 11.8. The van der Waals surface area contributed by atoms with Crippen LogP contribution in [0.1, 0.15) is 27.6 Å². The van der Waals surface area contributed by atoms with E-state index in [1.165, 1.54) is 17.8 Å². The summed E-state index contributed by atoms with van der Waals surface area (Å²) in [4.78, 5) is 17.5. The quantitative estimate of drug-likeness (QED) is 0.687. The van der Waals surface area contributed by atoms with E-state index in [9.17, 15) is 9.18 Å². The van der Waals surface area contributed by atoms with E-state index < -0.39 is 0 Å². The van der Waals surface area contributed by atoms with Gasteiger partial charge in [0.2, 0.25) is 5.89 Å². The Hall–Kier alpha value is -2.67. The van der Waals surface area contributed by atoms with Gasteiger partial charge in [0.1, 0.15) is 5.82 Å². The summed E-state index contributed by atoms with van der Waals surface area (Å²) < 4.78 is 18.6. The fourth-order valence-electron chi connectivity index (χ4n) is 2.19. The van der Waals surface area contributed by atoms with Crippen LogP contribution in [0.4, 0.5) is 10.1 Å². The van der Waals surface area contributed by atoms with Crippen LogP contribution in [-0.4, -0.2) is 16.0 Å². The summed E-state index contributed by atoms with van der Waals surface area (Å²) in [6.45, 7) is 3.40. The Morgan fingerprint density at radius 1 is 1.24 bits per heavy atom. The Labute approximate surface area is 148 Å². The average molecular weight is 357 g/mol. The predicted octanol–water partition coefficient (Wildman–Crippen LogP) is 4.37. The number of carbonyl (C=O) groups excluding carboxylic acids is 1. The first-order valence-corrected chi connectivity index (χ1v) is 8.60. The molecule has 3 rings (SSSR count). The highest BCUT2D eigenvalue weighted by atomic mass is 32.2. The fourth-order valence-corrected chi connectivity index (χ4v) is 3.08. The second-order valence-electron chi connectivity index (χ2n) is 5.43. The van der Waals surface area contributed by atoms with Gasteiger partial charge in [-0.05, 0) is 36.8 Å². The van der Waals surface area contributed by atoms with E-state index in [0.29, 0.717) is 34.3 Å². The average Bonchev–Trinajstić information content (AvgIpc) is 3.02. The standard InChI is InChI=1S/C18H16FN3O2S/c1-11-7-8-13(9-15(11)19)21-18(23)14-5-3-4-6-16(14)25-10-17-20-12(2)24-22-17/h3-9H,10H2,1-2H3,(H,21,23). The summed E-state index contributed by atoms with van der Waals surface area (Å²) in [5.41, 5.74) is 1.46. The lowest BCUT2D eigenvalue weighted by Gasteiger charge is -2.10. The second-order valence-corrected chi connectivity index (χ2v) is 6.45. The van der Waals surface area contributed by atoms with Gasteiger partial charge >= 0.3 is 0 Å². The van der Waals surface area contributed by atoms with Crippen molar-refractivity contribution in [3.05, 3.63) is 71.1 Å². The van der Waals surface area contributed by atoms with E-state index in [-0.39, 0.29) is 11.7 Å². The van der Waals surface area contributed by atoms with Crippen molar-refractivity contribution < 1.29 is 13.7 Å². The first kappa shape index (κ1) is 17.2. The zero-order valence-electron chi connectivity index (χ0n) is 13.7. The molecule has 0 unspecified atom stereocenters. The largest absolute Gasteiger partial charge is 0.340 e. The number of thioether (sulfide) groups is 1. The number of hydrogen-bond donors (Lipinski definition) is 1. The molecule has 0 aliphatic heterocycles. The van der Waals surface area contributed by atoms with E-state index in [4.69, 9.17) is 4.52 Å². The topological polar surface area (TPSA) is 68.0 Å². The first-order chi connectivity index (χ1) is 12.0. The van der Waals surface area contributed by atoms with Crippen molar-refractivity contribution in [2.45, 2.75) is 24.5 Å². The fraction of sp³-hybridized carbons (Fsp3) is 0.167. The molecule has 3 aromatic rings. The summed E-state index contributed by atoms with van der Waals surface area (Å²) >= 11 is 1.44. The van der Waals surface area contributed by atoms with Gasteiger partial charge in [-0.25, -0.2) is 4.39 Å². The summed E-state index contributed by atoms with van der Waals surface area (Å²) in [6.07, 6.45) is 0. The van der Waals surface area contributed by atoms with Gasteiger partial charge in [0, 0.05) is 17.5 Å². The molecule has 1 N–H and O–H groups in total. The maximum atomic E-state index is 13.6. The number of benzene rings is 2. The molecule has 0 spiro atoms. The SMILES string of the molecule is Cc1nc(CSc2ccccc2C(=O)Nc2ccc(C)c(F)c2)no1. The highest BCUT2D eigenvalue weighted by Gasteiger charge is 2.13. The van der Waals surface area contributed by atoms with E-state index >= 15 is 0 Å². The predicted molar refractivity (Wildman–Crippen MR) is 94.1 cm³/mol. The number of anilines is 1. The number of amides is 1. The van der Waals surface area contributed by atoms with Crippen LogP contribution in [0, 0.1) is 19.7 Å².